The van der Waals surface area contributed by atoms with Gasteiger partial charge in [0.1, 0.15) is 6.61 Å². The second kappa shape index (κ2) is 7.03. The Morgan fingerprint density at radius 2 is 1.95 bits per heavy atom. The maximum atomic E-state index is 11.7. The summed E-state index contributed by atoms with van der Waals surface area (Å²) in [5.74, 6) is 0. The van der Waals surface area contributed by atoms with Gasteiger partial charge < -0.3 is 16.1 Å². The first-order chi connectivity index (χ1) is 9.27. The molecule has 1 saturated carbocycles. The Kier molecular flexibility index (Phi) is 5.63. The minimum absolute atomic E-state index is 0.175. The van der Waals surface area contributed by atoms with Crippen molar-refractivity contribution < 1.29 is 24.3 Å². The molecule has 1 saturated heterocycles. The summed E-state index contributed by atoms with van der Waals surface area (Å²) >= 11 is 3.62. The van der Waals surface area contributed by atoms with E-state index in [1.807, 2.05) is 30.3 Å². The van der Waals surface area contributed by atoms with E-state index in [0.29, 0.717) is 12.0 Å². The maximum absolute atomic E-state index is 11.7. The number of amides is 1. The first-order valence-electron chi connectivity index (χ1n) is 6.32. The third kappa shape index (κ3) is 3.69. The van der Waals surface area contributed by atoms with Gasteiger partial charge in [-0.2, -0.15) is 12.8 Å². The zero-order chi connectivity index (χ0) is 13.7. The molecule has 1 aromatic carbocycles. The van der Waals surface area contributed by atoms with Crippen LogP contribution in [-0.4, -0.2) is 24.1 Å². The van der Waals surface area contributed by atoms with E-state index in [1.54, 1.807) is 4.90 Å². The minimum atomic E-state index is -0.175. The fourth-order valence-electron chi connectivity index (χ4n) is 2.51. The van der Waals surface area contributed by atoms with Gasteiger partial charge in [-0.15, -0.1) is 0 Å². The van der Waals surface area contributed by atoms with Gasteiger partial charge in [0.05, 0.1) is 0 Å². The van der Waals surface area contributed by atoms with Gasteiger partial charge in [-0.25, -0.2) is 4.79 Å². The van der Waals surface area contributed by atoms with E-state index < -0.39 is 0 Å². The Bertz CT molecular complexity index is 415. The molecule has 98 valence electrons. The standard InChI is InChI=1S/C14H16NO2.HI.Zn/c16-13(15-10-14(11-15)7-4-8-14)17-9-12-5-2-1-3-6-12;;/h1-6H,7-11H2;1H;/q-1;;+2/p-1. The van der Waals surface area contributed by atoms with Crippen molar-refractivity contribution in [3.8, 4) is 0 Å². The number of nitrogens with zero attached hydrogens (tertiary/aromatic N) is 1. The zero-order valence-corrected chi connectivity index (χ0v) is 16.0. The Labute approximate surface area is 134 Å². The summed E-state index contributed by atoms with van der Waals surface area (Å²) < 4.78 is 5.27. The van der Waals surface area contributed by atoms with Crippen LogP contribution in [0.4, 0.5) is 4.79 Å². The molecule has 0 bridgehead atoms. The van der Waals surface area contributed by atoms with Crippen LogP contribution < -0.4 is 0 Å². The summed E-state index contributed by atoms with van der Waals surface area (Å²) in [7, 11) is 0. The van der Waals surface area contributed by atoms with Gasteiger partial charge in [-0.3, -0.25) is 0 Å². The summed E-state index contributed by atoms with van der Waals surface area (Å²) in [4.78, 5) is 13.5. The van der Waals surface area contributed by atoms with Gasteiger partial charge >= 0.3 is 40.6 Å². The predicted octanol–water partition coefficient (Wildman–Crippen LogP) is 3.51. The molecule has 3 nitrogen and oxygen atoms in total. The van der Waals surface area contributed by atoms with Crippen LogP contribution in [0.15, 0.2) is 30.3 Å². The SMILES string of the molecule is O=C(OCc1ccccc1)N1CC2(C[CH-]C2)C1.[Zn+][I]. The molecule has 1 heterocycles. The van der Waals surface area contributed by atoms with Crippen LogP contribution in [0.25, 0.3) is 0 Å². The molecule has 1 spiro atoms. The average Bonchev–Trinajstić information content (AvgIpc) is 2.37. The van der Waals surface area contributed by atoms with Crippen molar-refractivity contribution in [1.82, 2.24) is 4.90 Å². The third-order valence-corrected chi connectivity index (χ3v) is 3.67. The van der Waals surface area contributed by atoms with Crippen LogP contribution in [0.1, 0.15) is 18.4 Å². The molecule has 0 radical (unpaired) electrons. The fraction of sp³-hybridized carbons (Fsp3) is 0.429. The molecule has 1 aromatic rings. The molecule has 0 aromatic heterocycles. The Balaban J connectivity index is 0.000000637. The van der Waals surface area contributed by atoms with Gasteiger partial charge in [0, 0.05) is 13.1 Å². The van der Waals surface area contributed by atoms with Crippen molar-refractivity contribution in [2.45, 2.75) is 19.4 Å². The van der Waals surface area contributed by atoms with Gasteiger partial charge in [-0.1, -0.05) is 30.3 Å². The summed E-state index contributed by atoms with van der Waals surface area (Å²) in [6, 6.07) is 9.78. The van der Waals surface area contributed by atoms with E-state index in [4.69, 9.17) is 4.74 Å². The van der Waals surface area contributed by atoms with Crippen LogP contribution in [0.5, 0.6) is 0 Å². The molecule has 0 atom stereocenters. The zero-order valence-electron chi connectivity index (χ0n) is 10.8. The molecule has 19 heavy (non-hydrogen) atoms. The van der Waals surface area contributed by atoms with Gasteiger partial charge in [0.2, 0.25) is 0 Å². The second-order valence-electron chi connectivity index (χ2n) is 5.09. The number of ether oxygens (including phenoxy) is 1. The number of rotatable bonds is 2. The van der Waals surface area contributed by atoms with E-state index in [2.05, 4.69) is 26.2 Å². The number of likely N-dealkylation sites (tertiary alicyclic amines) is 1. The van der Waals surface area contributed by atoms with Crippen LogP contribution >= 0.6 is 19.8 Å². The van der Waals surface area contributed by atoms with Gasteiger partial charge in [0.25, 0.3) is 0 Å². The summed E-state index contributed by atoms with van der Waals surface area (Å²) in [6.45, 7) is 2.11. The molecule has 0 unspecified atom stereocenters. The Morgan fingerprint density at radius 3 is 2.47 bits per heavy atom. The van der Waals surface area contributed by atoms with Crippen molar-refractivity contribution >= 4 is 25.8 Å². The molecular formula is C14H16INO2Zn. The van der Waals surface area contributed by atoms with E-state index in [-0.39, 0.29) is 6.09 Å². The number of carbonyl (C=O) groups is 1. The molecular weight excluding hydrogens is 406 g/mol. The van der Waals surface area contributed by atoms with Crippen LogP contribution in [0.2, 0.25) is 0 Å². The number of benzene rings is 1. The molecule has 0 N–H and O–H groups in total. The Hall–Kier alpha value is -0.157. The summed E-state index contributed by atoms with van der Waals surface area (Å²) in [5.41, 5.74) is 1.46. The van der Waals surface area contributed by atoms with Crippen LogP contribution in [0.3, 0.4) is 0 Å². The third-order valence-electron chi connectivity index (χ3n) is 3.67. The van der Waals surface area contributed by atoms with E-state index in [0.717, 1.165) is 31.5 Å². The van der Waals surface area contributed by atoms with Crippen molar-refractivity contribution in [2.24, 2.45) is 5.41 Å². The quantitative estimate of drug-likeness (QED) is 0.415. The fourth-order valence-corrected chi connectivity index (χ4v) is 2.51. The molecule has 1 amide bonds. The van der Waals surface area contributed by atoms with E-state index in [9.17, 15) is 4.79 Å². The Morgan fingerprint density at radius 1 is 1.32 bits per heavy atom. The number of halogens is 1. The van der Waals surface area contributed by atoms with Crippen LogP contribution in [0, 0.1) is 11.8 Å². The number of hydrogen-bond donors (Lipinski definition) is 0. The normalized spacial score (nSPS) is 18.8. The van der Waals surface area contributed by atoms with Crippen molar-refractivity contribution in [1.29, 1.82) is 0 Å². The number of carbonyl (C=O) groups excluding carboxylic acids is 1. The molecule has 2 fully saturated rings. The molecule has 1 aliphatic heterocycles. The molecule has 1 aliphatic carbocycles. The summed E-state index contributed by atoms with van der Waals surface area (Å²) in [5, 5.41) is 0. The topological polar surface area (TPSA) is 29.5 Å². The van der Waals surface area contributed by atoms with Crippen molar-refractivity contribution in [3.05, 3.63) is 42.3 Å². The number of hydrogen-bond acceptors (Lipinski definition) is 2. The van der Waals surface area contributed by atoms with E-state index in [1.165, 1.54) is 14.8 Å². The first-order valence-corrected chi connectivity index (χ1v) is 15.4. The monoisotopic (exact) mass is 421 g/mol. The summed E-state index contributed by atoms with van der Waals surface area (Å²) in [6.07, 6.45) is 4.43. The molecule has 3 rings (SSSR count). The molecule has 2 aliphatic rings. The van der Waals surface area contributed by atoms with Crippen molar-refractivity contribution in [2.75, 3.05) is 13.1 Å². The van der Waals surface area contributed by atoms with Gasteiger partial charge in [-0.05, 0) is 11.0 Å². The van der Waals surface area contributed by atoms with Crippen LogP contribution in [-0.2, 0) is 26.1 Å². The van der Waals surface area contributed by atoms with Crippen molar-refractivity contribution in [3.63, 3.8) is 0 Å². The first kappa shape index (κ1) is 15.2. The average molecular weight is 423 g/mol. The predicted molar refractivity (Wildman–Crippen MR) is 78.2 cm³/mol. The molecule has 5 heteroatoms. The van der Waals surface area contributed by atoms with Gasteiger partial charge in [0.15, 0.2) is 0 Å². The second-order valence-corrected chi connectivity index (χ2v) is 5.09. The van der Waals surface area contributed by atoms with E-state index >= 15 is 0 Å².